The van der Waals surface area contributed by atoms with E-state index in [1.54, 1.807) is 0 Å². The van der Waals surface area contributed by atoms with Crippen molar-refractivity contribution in [1.29, 1.82) is 0 Å². The SMILES string of the molecule is O=C(NCCN1CCC2(CC1)C(=O)NCN2CC1CC1)c1ccc2ccccc2c1.O=C(O)C(F)(F)F.O=C(O)C(F)(F)F. The number of carbonyl (C=O) groups is 4. The van der Waals surface area contributed by atoms with Gasteiger partial charge in [-0.3, -0.25) is 14.5 Å². The third kappa shape index (κ3) is 9.54. The lowest BCUT2D eigenvalue weighted by Crippen LogP contribution is -2.57. The Kier molecular flexibility index (Phi) is 11.2. The molecule has 0 radical (unpaired) electrons. The lowest BCUT2D eigenvalue weighted by atomic mass is 9.86. The summed E-state index contributed by atoms with van der Waals surface area (Å²) in [6.45, 7) is 5.01. The molecular formula is C28H32F6N4O6. The average molecular weight is 635 g/mol. The van der Waals surface area contributed by atoms with Crippen molar-refractivity contribution >= 4 is 34.5 Å². The number of hydrogen-bond acceptors (Lipinski definition) is 6. The Labute approximate surface area is 248 Å². The van der Waals surface area contributed by atoms with Gasteiger partial charge >= 0.3 is 24.3 Å². The summed E-state index contributed by atoms with van der Waals surface area (Å²) in [6.07, 6.45) is -5.79. The smallest absolute Gasteiger partial charge is 0.475 e. The maximum Gasteiger partial charge on any atom is 0.490 e. The summed E-state index contributed by atoms with van der Waals surface area (Å²) in [5.41, 5.74) is 0.401. The van der Waals surface area contributed by atoms with Gasteiger partial charge in [-0.1, -0.05) is 30.3 Å². The minimum absolute atomic E-state index is 0.0278. The van der Waals surface area contributed by atoms with Gasteiger partial charge in [0.2, 0.25) is 5.91 Å². The summed E-state index contributed by atoms with van der Waals surface area (Å²) in [6, 6.07) is 13.9. The Morgan fingerprint density at radius 2 is 1.45 bits per heavy atom. The number of aliphatic carboxylic acids is 2. The maximum absolute atomic E-state index is 12.6. The van der Waals surface area contributed by atoms with E-state index in [4.69, 9.17) is 19.8 Å². The summed E-state index contributed by atoms with van der Waals surface area (Å²) in [7, 11) is 0. The summed E-state index contributed by atoms with van der Waals surface area (Å²) < 4.78 is 63.5. The summed E-state index contributed by atoms with van der Waals surface area (Å²) in [4.78, 5) is 47.7. The van der Waals surface area contributed by atoms with Crippen LogP contribution in [-0.2, 0) is 14.4 Å². The highest BCUT2D eigenvalue weighted by Gasteiger charge is 2.51. The quantitative estimate of drug-likeness (QED) is 0.355. The number of benzene rings is 2. The fourth-order valence-corrected chi connectivity index (χ4v) is 4.93. The molecule has 4 N–H and O–H groups in total. The Morgan fingerprint density at radius 3 is 1.98 bits per heavy atom. The molecule has 2 saturated heterocycles. The van der Waals surface area contributed by atoms with Crippen LogP contribution in [0.1, 0.15) is 36.0 Å². The van der Waals surface area contributed by atoms with E-state index < -0.39 is 24.3 Å². The lowest BCUT2D eigenvalue weighted by Gasteiger charge is -2.42. The molecule has 2 aromatic rings. The van der Waals surface area contributed by atoms with Crippen LogP contribution < -0.4 is 10.6 Å². The second kappa shape index (κ2) is 14.2. The topological polar surface area (TPSA) is 139 Å². The molecule has 5 rings (SSSR count). The molecule has 1 saturated carbocycles. The maximum atomic E-state index is 12.6. The highest BCUT2D eigenvalue weighted by atomic mass is 19.4. The number of carboxylic acids is 2. The molecule has 0 atom stereocenters. The first kappa shape index (κ1) is 34.6. The number of halogens is 6. The van der Waals surface area contributed by atoms with E-state index in [-0.39, 0.29) is 17.4 Å². The van der Waals surface area contributed by atoms with Crippen LogP contribution >= 0.6 is 0 Å². The molecule has 44 heavy (non-hydrogen) atoms. The molecule has 0 bridgehead atoms. The highest BCUT2D eigenvalue weighted by Crippen LogP contribution is 2.37. The lowest BCUT2D eigenvalue weighted by molar-refractivity contribution is -0.193. The normalized spacial score (nSPS) is 18.5. The van der Waals surface area contributed by atoms with E-state index in [1.165, 1.54) is 12.8 Å². The van der Waals surface area contributed by atoms with Gasteiger partial charge in [0.05, 0.1) is 6.67 Å². The highest BCUT2D eigenvalue weighted by molar-refractivity contribution is 5.98. The van der Waals surface area contributed by atoms with Gasteiger partial charge in [-0.15, -0.1) is 0 Å². The van der Waals surface area contributed by atoms with E-state index in [0.29, 0.717) is 18.8 Å². The zero-order valence-corrected chi connectivity index (χ0v) is 23.4. The average Bonchev–Trinajstić information content (AvgIpc) is 3.74. The molecule has 1 aliphatic carbocycles. The third-order valence-corrected chi connectivity index (χ3v) is 7.53. The number of piperidine rings is 1. The predicted octanol–water partition coefficient (Wildman–Crippen LogP) is 3.47. The summed E-state index contributed by atoms with van der Waals surface area (Å²) in [5.74, 6) is -4.54. The van der Waals surface area contributed by atoms with Gasteiger partial charge in [0.1, 0.15) is 5.54 Å². The molecule has 2 aliphatic heterocycles. The largest absolute Gasteiger partial charge is 0.490 e. The van der Waals surface area contributed by atoms with E-state index in [1.807, 2.05) is 36.4 Å². The molecule has 16 heteroatoms. The first-order valence-electron chi connectivity index (χ1n) is 13.7. The number of carbonyl (C=O) groups excluding carboxylic acids is 2. The Bertz CT molecular complexity index is 1320. The van der Waals surface area contributed by atoms with Crippen LogP contribution in [-0.4, -0.2) is 101 Å². The molecular weight excluding hydrogens is 602 g/mol. The van der Waals surface area contributed by atoms with Crippen molar-refractivity contribution < 1.29 is 55.7 Å². The van der Waals surface area contributed by atoms with Crippen molar-refractivity contribution in [2.75, 3.05) is 39.4 Å². The minimum Gasteiger partial charge on any atom is -0.475 e. The number of rotatable bonds is 6. The van der Waals surface area contributed by atoms with Crippen LogP contribution in [0.2, 0.25) is 0 Å². The van der Waals surface area contributed by atoms with E-state index in [9.17, 15) is 35.9 Å². The van der Waals surface area contributed by atoms with Crippen molar-refractivity contribution in [1.82, 2.24) is 20.4 Å². The van der Waals surface area contributed by atoms with Gasteiger partial charge in [0.15, 0.2) is 0 Å². The zero-order chi connectivity index (χ0) is 32.7. The number of carboxylic acid groups (broad SMARTS) is 2. The third-order valence-electron chi connectivity index (χ3n) is 7.53. The predicted molar refractivity (Wildman–Crippen MR) is 145 cm³/mol. The van der Waals surface area contributed by atoms with Crippen LogP contribution in [0.3, 0.4) is 0 Å². The minimum atomic E-state index is -5.08. The van der Waals surface area contributed by atoms with Crippen molar-refractivity contribution in [3.05, 3.63) is 48.0 Å². The van der Waals surface area contributed by atoms with E-state index in [2.05, 4.69) is 26.5 Å². The first-order chi connectivity index (χ1) is 20.5. The van der Waals surface area contributed by atoms with Gasteiger partial charge in [0.25, 0.3) is 5.91 Å². The molecule has 3 fully saturated rings. The second-order valence-corrected chi connectivity index (χ2v) is 10.6. The number of fused-ring (bicyclic) bond motifs is 1. The molecule has 2 aromatic carbocycles. The number of nitrogens with zero attached hydrogens (tertiary/aromatic N) is 2. The van der Waals surface area contributed by atoms with Crippen molar-refractivity contribution in [2.24, 2.45) is 5.92 Å². The number of amides is 2. The van der Waals surface area contributed by atoms with E-state index >= 15 is 0 Å². The fraction of sp³-hybridized carbons (Fsp3) is 0.500. The molecule has 2 amide bonds. The van der Waals surface area contributed by atoms with Crippen molar-refractivity contribution in [3.8, 4) is 0 Å². The first-order valence-corrected chi connectivity index (χ1v) is 13.7. The van der Waals surface area contributed by atoms with Gasteiger partial charge in [-0.2, -0.15) is 26.3 Å². The molecule has 3 aliphatic rings. The Balaban J connectivity index is 0.000000317. The summed E-state index contributed by atoms with van der Waals surface area (Å²) >= 11 is 0. The van der Waals surface area contributed by atoms with Crippen molar-refractivity contribution in [2.45, 2.75) is 43.6 Å². The standard InChI is InChI=1S/C24H30N4O2.2C2HF3O2/c29-22(21-8-7-19-3-1-2-4-20(19)15-21)25-11-14-27-12-9-24(10-13-27)23(30)26-17-28(24)16-18-5-6-18;2*3-2(4,5)1(6)7/h1-4,7-8,15,18H,5-6,9-14,16-17H2,(H,25,29)(H,26,30);2*(H,6,7). The monoisotopic (exact) mass is 634 g/mol. The van der Waals surface area contributed by atoms with Crippen LogP contribution in [0.25, 0.3) is 10.8 Å². The Hall–Kier alpha value is -3.92. The van der Waals surface area contributed by atoms with Crippen molar-refractivity contribution in [3.63, 3.8) is 0 Å². The molecule has 10 nitrogen and oxygen atoms in total. The van der Waals surface area contributed by atoms with Gasteiger partial charge in [-0.05, 0) is 54.5 Å². The van der Waals surface area contributed by atoms with Crippen LogP contribution in [0, 0.1) is 5.92 Å². The summed E-state index contributed by atoms with van der Waals surface area (Å²) in [5, 5.41) is 22.6. The number of alkyl halides is 6. The molecule has 0 unspecified atom stereocenters. The molecule has 2 heterocycles. The van der Waals surface area contributed by atoms with Crippen LogP contribution in [0.5, 0.6) is 0 Å². The van der Waals surface area contributed by atoms with Gasteiger partial charge in [-0.25, -0.2) is 9.59 Å². The number of hydrogen-bond donors (Lipinski definition) is 4. The zero-order valence-electron chi connectivity index (χ0n) is 23.4. The molecule has 1 spiro atoms. The van der Waals surface area contributed by atoms with Gasteiger partial charge in [0, 0.05) is 38.3 Å². The van der Waals surface area contributed by atoms with Crippen LogP contribution in [0.15, 0.2) is 42.5 Å². The van der Waals surface area contributed by atoms with Crippen LogP contribution in [0.4, 0.5) is 26.3 Å². The second-order valence-electron chi connectivity index (χ2n) is 10.6. The van der Waals surface area contributed by atoms with Gasteiger partial charge < -0.3 is 25.7 Å². The number of likely N-dealkylation sites (tertiary alicyclic amines) is 1. The number of nitrogens with one attached hydrogen (secondary N) is 2. The fourth-order valence-electron chi connectivity index (χ4n) is 4.93. The molecule has 242 valence electrons. The Morgan fingerprint density at radius 1 is 0.909 bits per heavy atom. The van der Waals surface area contributed by atoms with E-state index in [0.717, 1.165) is 55.7 Å². The molecule has 0 aromatic heterocycles.